The largest absolute Gasteiger partial charge is 0.375 e. The molecule has 0 aliphatic carbocycles. The molecule has 0 saturated carbocycles. The summed E-state index contributed by atoms with van der Waals surface area (Å²) in [6.07, 6.45) is 0. The van der Waals surface area contributed by atoms with Crippen molar-refractivity contribution in [1.29, 1.82) is 0 Å². The summed E-state index contributed by atoms with van der Waals surface area (Å²) < 4.78 is 13.2. The van der Waals surface area contributed by atoms with E-state index in [1.165, 1.54) is 6.07 Å². The molecule has 0 spiro atoms. The van der Waals surface area contributed by atoms with E-state index in [0.29, 0.717) is 5.56 Å². The van der Waals surface area contributed by atoms with Crippen LogP contribution in [0.3, 0.4) is 0 Å². The smallest absolute Gasteiger partial charge is 0.129 e. The van der Waals surface area contributed by atoms with Crippen LogP contribution in [-0.4, -0.2) is 13.6 Å². The van der Waals surface area contributed by atoms with E-state index in [-0.39, 0.29) is 11.7 Å². The second-order valence-electron chi connectivity index (χ2n) is 2.89. The van der Waals surface area contributed by atoms with Gasteiger partial charge in [0.25, 0.3) is 0 Å². The Morgan fingerprint density at radius 2 is 2.15 bits per heavy atom. The van der Waals surface area contributed by atoms with Crippen molar-refractivity contribution in [3.63, 3.8) is 0 Å². The number of anilines is 1. The van der Waals surface area contributed by atoms with E-state index >= 15 is 0 Å². The Bertz CT molecular complexity index is 288. The number of benzene rings is 1. The molecule has 1 rings (SSSR count). The zero-order valence-electron chi connectivity index (χ0n) is 7.85. The van der Waals surface area contributed by atoms with Crippen LogP contribution in [0.25, 0.3) is 0 Å². The lowest BCUT2D eigenvalue weighted by Crippen LogP contribution is -2.17. The summed E-state index contributed by atoms with van der Waals surface area (Å²) >= 11 is 5.67. The molecular weight excluding hydrogens is 189 g/mol. The molecule has 0 saturated heterocycles. The Morgan fingerprint density at radius 3 is 2.69 bits per heavy atom. The highest BCUT2D eigenvalue weighted by molar-refractivity contribution is 6.17. The molecular formula is C10H13ClFN. The van der Waals surface area contributed by atoms with E-state index in [0.717, 1.165) is 12.2 Å². The molecule has 0 radical (unpaired) electrons. The molecule has 0 aliphatic heterocycles. The fourth-order valence-electron chi connectivity index (χ4n) is 1.21. The van der Waals surface area contributed by atoms with Gasteiger partial charge in [-0.2, -0.15) is 0 Å². The monoisotopic (exact) mass is 201 g/mol. The van der Waals surface area contributed by atoms with Gasteiger partial charge in [-0.25, -0.2) is 4.39 Å². The summed E-state index contributed by atoms with van der Waals surface area (Å²) in [6, 6.07) is 5.02. The Morgan fingerprint density at radius 1 is 1.46 bits per heavy atom. The van der Waals surface area contributed by atoms with Gasteiger partial charge in [0.2, 0.25) is 0 Å². The highest BCUT2D eigenvalue weighted by atomic mass is 35.5. The predicted molar refractivity (Wildman–Crippen MR) is 54.9 cm³/mol. The third-order valence-corrected chi connectivity index (χ3v) is 2.38. The van der Waals surface area contributed by atoms with Gasteiger partial charge in [-0.3, -0.25) is 0 Å². The van der Waals surface area contributed by atoms with Crippen LogP contribution in [-0.2, 0) is 5.88 Å². The maximum Gasteiger partial charge on any atom is 0.129 e. The molecule has 3 heteroatoms. The minimum absolute atomic E-state index is 0.215. The van der Waals surface area contributed by atoms with Crippen molar-refractivity contribution in [2.24, 2.45) is 0 Å². The van der Waals surface area contributed by atoms with Gasteiger partial charge in [0.15, 0.2) is 0 Å². The van der Waals surface area contributed by atoms with Crippen molar-refractivity contribution in [1.82, 2.24) is 0 Å². The Hall–Kier alpha value is -0.760. The summed E-state index contributed by atoms with van der Waals surface area (Å²) in [6.45, 7) is 2.86. The summed E-state index contributed by atoms with van der Waals surface area (Å²) in [5, 5.41) is 0. The maximum atomic E-state index is 13.2. The normalized spacial score (nSPS) is 10.2. The van der Waals surface area contributed by atoms with Crippen molar-refractivity contribution in [2.45, 2.75) is 12.8 Å². The van der Waals surface area contributed by atoms with Crippen LogP contribution in [0.2, 0.25) is 0 Å². The molecule has 1 aromatic carbocycles. The molecule has 0 unspecified atom stereocenters. The topological polar surface area (TPSA) is 3.24 Å². The summed E-state index contributed by atoms with van der Waals surface area (Å²) in [4.78, 5) is 1.97. The Kier molecular flexibility index (Phi) is 3.55. The molecule has 0 bridgehead atoms. The van der Waals surface area contributed by atoms with Crippen LogP contribution < -0.4 is 4.90 Å². The van der Waals surface area contributed by atoms with Crippen LogP contribution in [0.1, 0.15) is 12.5 Å². The number of alkyl halides is 1. The number of hydrogen-bond donors (Lipinski definition) is 0. The fourth-order valence-corrected chi connectivity index (χ4v) is 1.47. The lowest BCUT2D eigenvalue weighted by molar-refractivity contribution is 0.616. The summed E-state index contributed by atoms with van der Waals surface area (Å²) in [5.74, 6) is -0.0143. The molecule has 0 atom stereocenters. The number of nitrogens with zero attached hydrogens (tertiary/aromatic N) is 1. The quantitative estimate of drug-likeness (QED) is 0.680. The molecule has 1 nitrogen and oxygen atoms in total. The number of hydrogen-bond acceptors (Lipinski definition) is 1. The average Bonchev–Trinajstić information content (AvgIpc) is 2.16. The molecule has 0 N–H and O–H groups in total. The van der Waals surface area contributed by atoms with Gasteiger partial charge in [0.1, 0.15) is 5.82 Å². The van der Waals surface area contributed by atoms with E-state index < -0.39 is 0 Å². The first-order valence-corrected chi connectivity index (χ1v) is 4.78. The Balaban J connectivity index is 3.12. The first-order chi connectivity index (χ1) is 6.20. The molecule has 0 aliphatic rings. The van der Waals surface area contributed by atoms with Crippen molar-refractivity contribution in [3.8, 4) is 0 Å². The molecule has 1 aromatic rings. The third kappa shape index (κ3) is 2.13. The van der Waals surface area contributed by atoms with Gasteiger partial charge < -0.3 is 4.90 Å². The molecule has 13 heavy (non-hydrogen) atoms. The van der Waals surface area contributed by atoms with E-state index in [1.54, 1.807) is 6.07 Å². The minimum atomic E-state index is -0.229. The highest BCUT2D eigenvalue weighted by Gasteiger charge is 2.09. The number of halogens is 2. The lowest BCUT2D eigenvalue weighted by atomic mass is 10.1. The van der Waals surface area contributed by atoms with Crippen LogP contribution in [0.5, 0.6) is 0 Å². The van der Waals surface area contributed by atoms with Gasteiger partial charge in [-0.1, -0.05) is 6.07 Å². The van der Waals surface area contributed by atoms with E-state index in [4.69, 9.17) is 11.6 Å². The van der Waals surface area contributed by atoms with Gasteiger partial charge in [-0.15, -0.1) is 11.6 Å². The van der Waals surface area contributed by atoms with E-state index in [1.807, 2.05) is 24.9 Å². The van der Waals surface area contributed by atoms with E-state index in [9.17, 15) is 4.39 Å². The van der Waals surface area contributed by atoms with Crippen molar-refractivity contribution in [2.75, 3.05) is 18.5 Å². The van der Waals surface area contributed by atoms with Crippen molar-refractivity contribution in [3.05, 3.63) is 29.6 Å². The first kappa shape index (κ1) is 10.3. The predicted octanol–water partition coefficient (Wildman–Crippen LogP) is 3.02. The standard InChI is InChI=1S/C10H13ClFN/c1-3-13(2)10-6-4-5-9(12)8(10)7-11/h4-6H,3,7H2,1-2H3. The maximum absolute atomic E-state index is 13.2. The van der Waals surface area contributed by atoms with Crippen LogP contribution in [0.4, 0.5) is 10.1 Å². The molecule has 0 aromatic heterocycles. The highest BCUT2D eigenvalue weighted by Crippen LogP contribution is 2.23. The second-order valence-corrected chi connectivity index (χ2v) is 3.15. The molecule has 72 valence electrons. The van der Waals surface area contributed by atoms with Gasteiger partial charge in [0, 0.05) is 24.8 Å². The van der Waals surface area contributed by atoms with Crippen molar-refractivity contribution < 1.29 is 4.39 Å². The molecule has 0 heterocycles. The van der Waals surface area contributed by atoms with Gasteiger partial charge >= 0.3 is 0 Å². The average molecular weight is 202 g/mol. The van der Waals surface area contributed by atoms with Crippen LogP contribution in [0, 0.1) is 5.82 Å². The molecule has 0 amide bonds. The SMILES string of the molecule is CCN(C)c1cccc(F)c1CCl. The Labute approximate surface area is 83.1 Å². The second kappa shape index (κ2) is 4.47. The van der Waals surface area contributed by atoms with E-state index in [2.05, 4.69) is 0 Å². The minimum Gasteiger partial charge on any atom is -0.375 e. The summed E-state index contributed by atoms with van der Waals surface area (Å²) in [5.41, 5.74) is 1.45. The van der Waals surface area contributed by atoms with Gasteiger partial charge in [0.05, 0.1) is 5.88 Å². The summed E-state index contributed by atoms with van der Waals surface area (Å²) in [7, 11) is 1.92. The molecule has 0 fully saturated rings. The lowest BCUT2D eigenvalue weighted by Gasteiger charge is -2.19. The first-order valence-electron chi connectivity index (χ1n) is 4.25. The fraction of sp³-hybridized carbons (Fsp3) is 0.400. The third-order valence-electron chi connectivity index (χ3n) is 2.11. The van der Waals surface area contributed by atoms with Gasteiger partial charge in [-0.05, 0) is 19.1 Å². The zero-order valence-corrected chi connectivity index (χ0v) is 8.61. The zero-order chi connectivity index (χ0) is 9.84. The van der Waals surface area contributed by atoms with Crippen molar-refractivity contribution >= 4 is 17.3 Å². The van der Waals surface area contributed by atoms with Crippen LogP contribution >= 0.6 is 11.6 Å². The number of rotatable bonds is 3. The van der Waals surface area contributed by atoms with Crippen LogP contribution in [0.15, 0.2) is 18.2 Å².